The van der Waals surface area contributed by atoms with Gasteiger partial charge in [0.05, 0.1) is 12.0 Å². The lowest BCUT2D eigenvalue weighted by Crippen LogP contribution is -2.01. The van der Waals surface area contributed by atoms with E-state index in [1.807, 2.05) is 6.92 Å². The summed E-state index contributed by atoms with van der Waals surface area (Å²) < 4.78 is 25.1. The molecule has 0 aromatic heterocycles. The highest BCUT2D eigenvalue weighted by molar-refractivity contribution is 8.16. The van der Waals surface area contributed by atoms with Crippen LogP contribution in [0.2, 0.25) is 0 Å². The van der Waals surface area contributed by atoms with Gasteiger partial charge in [0.25, 0.3) is 9.05 Å². The number of esters is 1. The molecule has 0 N–H and O–H groups in total. The van der Waals surface area contributed by atoms with Crippen LogP contribution in [0.5, 0.6) is 0 Å². The van der Waals surface area contributed by atoms with Crippen molar-refractivity contribution in [3.05, 3.63) is 11.5 Å². The fraction of sp³-hybridized carbons (Fsp3) is 0.500. The van der Waals surface area contributed by atoms with Gasteiger partial charge in [0.2, 0.25) is 0 Å². The standard InChI is InChI=1S/C6H9ClO4S/c1-2-4-11-6(8)3-5-12(7,9)10/h3,5H,2,4H2,1H3. The van der Waals surface area contributed by atoms with E-state index >= 15 is 0 Å². The van der Waals surface area contributed by atoms with Crippen molar-refractivity contribution in [3.8, 4) is 0 Å². The third-order valence-corrected chi connectivity index (χ3v) is 1.58. The first kappa shape index (κ1) is 11.4. The van der Waals surface area contributed by atoms with Gasteiger partial charge in [-0.15, -0.1) is 0 Å². The molecule has 0 aromatic carbocycles. The molecule has 70 valence electrons. The Morgan fingerprint density at radius 2 is 2.17 bits per heavy atom. The summed E-state index contributed by atoms with van der Waals surface area (Å²) >= 11 is 0. The summed E-state index contributed by atoms with van der Waals surface area (Å²) in [4.78, 5) is 10.6. The Bertz CT molecular complexity index is 267. The molecule has 0 rings (SSSR count). The van der Waals surface area contributed by atoms with Crippen molar-refractivity contribution in [1.82, 2.24) is 0 Å². The minimum atomic E-state index is -3.75. The van der Waals surface area contributed by atoms with Gasteiger partial charge in [0.1, 0.15) is 0 Å². The highest BCUT2D eigenvalue weighted by Gasteiger charge is 2.00. The molecule has 0 saturated carbocycles. The third-order valence-electron chi connectivity index (χ3n) is 0.815. The lowest BCUT2D eigenvalue weighted by Gasteiger charge is -1.95. The number of hydrogen-bond acceptors (Lipinski definition) is 4. The zero-order valence-corrected chi connectivity index (χ0v) is 8.06. The molecule has 0 bridgehead atoms. The van der Waals surface area contributed by atoms with Crippen molar-refractivity contribution in [1.29, 1.82) is 0 Å². The Morgan fingerprint density at radius 1 is 1.58 bits per heavy atom. The molecule has 0 aliphatic heterocycles. The molecule has 0 amide bonds. The van der Waals surface area contributed by atoms with Crippen molar-refractivity contribution in [2.45, 2.75) is 13.3 Å². The van der Waals surface area contributed by atoms with Gasteiger partial charge in [-0.25, -0.2) is 13.2 Å². The lowest BCUT2D eigenvalue weighted by atomic mass is 10.5. The highest BCUT2D eigenvalue weighted by atomic mass is 35.7. The van der Waals surface area contributed by atoms with Crippen LogP contribution >= 0.6 is 10.7 Å². The van der Waals surface area contributed by atoms with E-state index in [-0.39, 0.29) is 6.61 Å². The fourth-order valence-corrected chi connectivity index (χ4v) is 0.816. The van der Waals surface area contributed by atoms with Crippen LogP contribution in [-0.2, 0) is 18.6 Å². The van der Waals surface area contributed by atoms with Crippen LogP contribution in [0.25, 0.3) is 0 Å². The van der Waals surface area contributed by atoms with Crippen LogP contribution < -0.4 is 0 Å². The van der Waals surface area contributed by atoms with Crippen LogP contribution in [0.3, 0.4) is 0 Å². The van der Waals surface area contributed by atoms with Gasteiger partial charge in [-0.1, -0.05) is 6.92 Å². The van der Waals surface area contributed by atoms with E-state index in [1.165, 1.54) is 0 Å². The molecule has 0 spiro atoms. The quantitative estimate of drug-likeness (QED) is 0.397. The van der Waals surface area contributed by atoms with E-state index < -0.39 is 15.0 Å². The summed E-state index contributed by atoms with van der Waals surface area (Å²) in [6.07, 6.45) is 1.46. The van der Waals surface area contributed by atoms with Crippen LogP contribution in [-0.4, -0.2) is 21.0 Å². The van der Waals surface area contributed by atoms with E-state index in [0.29, 0.717) is 11.8 Å². The summed E-state index contributed by atoms with van der Waals surface area (Å²) in [5, 5.41) is 0.590. The van der Waals surface area contributed by atoms with Crippen molar-refractivity contribution in [2.75, 3.05) is 6.61 Å². The minimum absolute atomic E-state index is 0.269. The minimum Gasteiger partial charge on any atom is -0.463 e. The molecule has 0 radical (unpaired) electrons. The van der Waals surface area contributed by atoms with E-state index in [9.17, 15) is 13.2 Å². The maximum absolute atomic E-state index is 10.6. The number of halogens is 1. The Hall–Kier alpha value is -0.550. The first-order chi connectivity index (χ1) is 5.45. The van der Waals surface area contributed by atoms with E-state index in [4.69, 9.17) is 10.7 Å². The maximum Gasteiger partial charge on any atom is 0.331 e. The molecule has 6 heteroatoms. The molecule has 12 heavy (non-hydrogen) atoms. The maximum atomic E-state index is 10.6. The van der Waals surface area contributed by atoms with E-state index in [2.05, 4.69) is 4.74 Å². The predicted molar refractivity (Wildman–Crippen MR) is 45.2 cm³/mol. The summed E-state index contributed by atoms with van der Waals surface area (Å²) in [7, 11) is 1.04. The van der Waals surface area contributed by atoms with Crippen molar-refractivity contribution in [3.63, 3.8) is 0 Å². The second-order valence-corrected chi connectivity index (χ2v) is 4.46. The van der Waals surface area contributed by atoms with Gasteiger partial charge >= 0.3 is 5.97 Å². The Balaban J connectivity index is 3.93. The molecule has 0 unspecified atom stereocenters. The SMILES string of the molecule is CCCOC(=O)C=CS(=O)(=O)Cl. The molecule has 0 heterocycles. The summed E-state index contributed by atoms with van der Waals surface area (Å²) in [5.41, 5.74) is 0. The molecule has 4 nitrogen and oxygen atoms in total. The van der Waals surface area contributed by atoms with Crippen molar-refractivity contribution in [2.24, 2.45) is 0 Å². The second kappa shape index (κ2) is 5.16. The monoisotopic (exact) mass is 212 g/mol. The van der Waals surface area contributed by atoms with E-state index in [0.717, 1.165) is 6.08 Å². The normalized spacial score (nSPS) is 11.8. The number of ether oxygens (including phenoxy) is 1. The molecule has 0 atom stereocenters. The Kier molecular flexibility index (Phi) is 4.92. The fourth-order valence-electron chi connectivity index (χ4n) is 0.388. The van der Waals surface area contributed by atoms with Crippen LogP contribution in [0, 0.1) is 0 Å². The highest BCUT2D eigenvalue weighted by Crippen LogP contribution is 1.97. The van der Waals surface area contributed by atoms with Gasteiger partial charge < -0.3 is 4.74 Å². The predicted octanol–water partition coefficient (Wildman–Crippen LogP) is 1.02. The smallest absolute Gasteiger partial charge is 0.331 e. The lowest BCUT2D eigenvalue weighted by molar-refractivity contribution is -0.137. The summed E-state index contributed by atoms with van der Waals surface area (Å²) in [6, 6.07) is 0. The first-order valence-electron chi connectivity index (χ1n) is 3.25. The molecule has 0 aromatic rings. The largest absolute Gasteiger partial charge is 0.463 e. The number of rotatable bonds is 4. The molecular formula is C6H9ClO4S. The summed E-state index contributed by atoms with van der Waals surface area (Å²) in [6.45, 7) is 2.10. The Morgan fingerprint density at radius 3 is 2.58 bits per heavy atom. The topological polar surface area (TPSA) is 60.4 Å². The average molecular weight is 213 g/mol. The second-order valence-electron chi connectivity index (χ2n) is 1.95. The van der Waals surface area contributed by atoms with Gasteiger partial charge in [-0.05, 0) is 6.42 Å². The molecule has 0 saturated heterocycles. The van der Waals surface area contributed by atoms with Crippen LogP contribution in [0.1, 0.15) is 13.3 Å². The van der Waals surface area contributed by atoms with Gasteiger partial charge in [0.15, 0.2) is 0 Å². The molecule has 0 aliphatic rings. The third kappa shape index (κ3) is 7.56. The first-order valence-corrected chi connectivity index (χ1v) is 5.62. The van der Waals surface area contributed by atoms with E-state index in [1.54, 1.807) is 0 Å². The molecular weight excluding hydrogens is 204 g/mol. The van der Waals surface area contributed by atoms with Gasteiger partial charge in [-0.3, -0.25) is 0 Å². The van der Waals surface area contributed by atoms with Crippen LogP contribution in [0.15, 0.2) is 11.5 Å². The molecule has 0 aliphatic carbocycles. The Labute approximate surface area is 75.6 Å². The number of carbonyl (C=O) groups is 1. The number of carbonyl (C=O) groups excluding carboxylic acids is 1. The summed E-state index contributed by atoms with van der Waals surface area (Å²) in [5.74, 6) is -0.707. The van der Waals surface area contributed by atoms with Crippen molar-refractivity contribution < 1.29 is 17.9 Å². The van der Waals surface area contributed by atoms with Gasteiger partial charge in [-0.2, -0.15) is 0 Å². The zero-order valence-electron chi connectivity index (χ0n) is 6.49. The van der Waals surface area contributed by atoms with Crippen molar-refractivity contribution >= 4 is 25.7 Å². The zero-order chi connectivity index (χ0) is 9.61. The van der Waals surface area contributed by atoms with Crippen LogP contribution in [0.4, 0.5) is 0 Å². The molecule has 0 fully saturated rings. The van der Waals surface area contributed by atoms with Gasteiger partial charge in [0, 0.05) is 16.8 Å². The number of hydrogen-bond donors (Lipinski definition) is 0. The average Bonchev–Trinajstić information content (AvgIpc) is 1.95.